The molecule has 0 bridgehead atoms. The number of benzene rings is 2. The van der Waals surface area contributed by atoms with E-state index in [-0.39, 0.29) is 0 Å². The Labute approximate surface area is 121 Å². The molecule has 0 amide bonds. The minimum Gasteiger partial charge on any atom is -0.497 e. The third-order valence-electron chi connectivity index (χ3n) is 3.63. The zero-order valence-corrected chi connectivity index (χ0v) is 12.9. The van der Waals surface area contributed by atoms with E-state index in [0.29, 0.717) is 0 Å². The number of rotatable bonds is 4. The first kappa shape index (κ1) is 14.4. The quantitative estimate of drug-likeness (QED) is 0.828. The van der Waals surface area contributed by atoms with E-state index in [1.165, 1.54) is 27.8 Å². The SMILES string of the molecule is COc1cc(Cc2c(C)cc(C)cc2C)cc(OC)c1. The van der Waals surface area contributed by atoms with Crippen molar-refractivity contribution in [1.82, 2.24) is 0 Å². The zero-order chi connectivity index (χ0) is 14.7. The second-order valence-electron chi connectivity index (χ2n) is 5.27. The zero-order valence-electron chi connectivity index (χ0n) is 12.9. The Bertz CT molecular complexity index is 570. The number of hydrogen-bond acceptors (Lipinski definition) is 2. The van der Waals surface area contributed by atoms with Crippen molar-refractivity contribution in [2.45, 2.75) is 27.2 Å². The molecule has 2 heteroatoms. The van der Waals surface area contributed by atoms with Crippen LogP contribution >= 0.6 is 0 Å². The van der Waals surface area contributed by atoms with Gasteiger partial charge in [-0.1, -0.05) is 17.7 Å². The summed E-state index contributed by atoms with van der Waals surface area (Å²) in [5.41, 5.74) is 6.57. The Morgan fingerprint density at radius 1 is 0.750 bits per heavy atom. The number of aryl methyl sites for hydroxylation is 3. The molecular formula is C18H22O2. The number of ether oxygens (including phenoxy) is 2. The highest BCUT2D eigenvalue weighted by Crippen LogP contribution is 2.26. The largest absolute Gasteiger partial charge is 0.497 e. The Hall–Kier alpha value is -1.96. The molecule has 0 radical (unpaired) electrons. The van der Waals surface area contributed by atoms with Crippen LogP contribution in [0.4, 0.5) is 0 Å². The van der Waals surface area contributed by atoms with Gasteiger partial charge in [0.05, 0.1) is 14.2 Å². The molecule has 0 aliphatic rings. The minimum absolute atomic E-state index is 0.835. The fourth-order valence-electron chi connectivity index (χ4n) is 2.66. The average Bonchev–Trinajstić information content (AvgIpc) is 2.42. The lowest BCUT2D eigenvalue weighted by Crippen LogP contribution is -1.98. The topological polar surface area (TPSA) is 18.5 Å². The Balaban J connectivity index is 2.39. The van der Waals surface area contributed by atoms with Crippen LogP contribution in [0.5, 0.6) is 11.5 Å². The van der Waals surface area contributed by atoms with Crippen LogP contribution in [0.15, 0.2) is 30.3 Å². The van der Waals surface area contributed by atoms with Crippen molar-refractivity contribution in [2.75, 3.05) is 14.2 Å². The molecule has 2 aromatic rings. The Morgan fingerprint density at radius 3 is 1.70 bits per heavy atom. The van der Waals surface area contributed by atoms with Gasteiger partial charge in [0.25, 0.3) is 0 Å². The van der Waals surface area contributed by atoms with Crippen LogP contribution in [-0.4, -0.2) is 14.2 Å². The van der Waals surface area contributed by atoms with Gasteiger partial charge in [-0.2, -0.15) is 0 Å². The molecule has 0 heterocycles. The van der Waals surface area contributed by atoms with Gasteiger partial charge >= 0.3 is 0 Å². The third-order valence-corrected chi connectivity index (χ3v) is 3.63. The van der Waals surface area contributed by atoms with Crippen molar-refractivity contribution >= 4 is 0 Å². The molecule has 0 spiro atoms. The smallest absolute Gasteiger partial charge is 0.122 e. The summed E-state index contributed by atoms with van der Waals surface area (Å²) >= 11 is 0. The van der Waals surface area contributed by atoms with Crippen molar-refractivity contribution in [1.29, 1.82) is 0 Å². The first-order valence-electron chi connectivity index (χ1n) is 6.82. The predicted molar refractivity (Wildman–Crippen MR) is 83.0 cm³/mol. The summed E-state index contributed by atoms with van der Waals surface area (Å²) in [4.78, 5) is 0. The van der Waals surface area contributed by atoms with Gasteiger partial charge in [0, 0.05) is 6.07 Å². The molecule has 0 aliphatic carbocycles. The van der Waals surface area contributed by atoms with Crippen molar-refractivity contribution in [2.24, 2.45) is 0 Å². The Morgan fingerprint density at radius 2 is 1.25 bits per heavy atom. The van der Waals surface area contributed by atoms with Crippen LogP contribution in [0.1, 0.15) is 27.8 Å². The lowest BCUT2D eigenvalue weighted by Gasteiger charge is -2.13. The van der Waals surface area contributed by atoms with Crippen molar-refractivity contribution in [3.8, 4) is 11.5 Å². The van der Waals surface area contributed by atoms with Crippen LogP contribution in [0.3, 0.4) is 0 Å². The summed E-state index contributed by atoms with van der Waals surface area (Å²) in [6.45, 7) is 6.48. The molecule has 0 unspecified atom stereocenters. The van der Waals surface area contributed by atoms with Gasteiger partial charge in [0.1, 0.15) is 11.5 Å². The molecule has 2 aromatic carbocycles. The molecule has 0 atom stereocenters. The van der Waals surface area contributed by atoms with Crippen LogP contribution < -0.4 is 9.47 Å². The summed E-state index contributed by atoms with van der Waals surface area (Å²) in [6, 6.07) is 10.5. The van der Waals surface area contributed by atoms with E-state index in [1.807, 2.05) is 6.07 Å². The van der Waals surface area contributed by atoms with Crippen LogP contribution in [0, 0.1) is 20.8 Å². The maximum absolute atomic E-state index is 5.33. The maximum Gasteiger partial charge on any atom is 0.122 e. The fraction of sp³-hybridized carbons (Fsp3) is 0.333. The van der Waals surface area contributed by atoms with Gasteiger partial charge in [0.15, 0.2) is 0 Å². The standard InChI is InChI=1S/C18H22O2/c1-12-6-13(2)18(14(3)7-12)10-15-8-16(19-4)11-17(9-15)20-5/h6-9,11H,10H2,1-5H3. The van der Waals surface area contributed by atoms with E-state index < -0.39 is 0 Å². The van der Waals surface area contributed by atoms with Crippen molar-refractivity contribution in [3.63, 3.8) is 0 Å². The van der Waals surface area contributed by atoms with E-state index in [2.05, 4.69) is 45.0 Å². The van der Waals surface area contributed by atoms with Crippen molar-refractivity contribution in [3.05, 3.63) is 58.1 Å². The molecule has 106 valence electrons. The second kappa shape index (κ2) is 6.00. The monoisotopic (exact) mass is 270 g/mol. The van der Waals surface area contributed by atoms with Crippen LogP contribution in [-0.2, 0) is 6.42 Å². The summed E-state index contributed by atoms with van der Waals surface area (Å²) < 4.78 is 10.7. The first-order valence-corrected chi connectivity index (χ1v) is 6.82. The van der Waals surface area contributed by atoms with E-state index in [0.717, 1.165) is 17.9 Å². The fourth-order valence-corrected chi connectivity index (χ4v) is 2.66. The molecule has 2 nitrogen and oxygen atoms in total. The molecule has 0 saturated heterocycles. The van der Waals surface area contributed by atoms with Gasteiger partial charge in [-0.05, 0) is 61.6 Å². The van der Waals surface area contributed by atoms with Gasteiger partial charge in [-0.25, -0.2) is 0 Å². The summed E-state index contributed by atoms with van der Waals surface area (Å²) in [5.74, 6) is 1.67. The summed E-state index contributed by atoms with van der Waals surface area (Å²) in [5, 5.41) is 0. The average molecular weight is 270 g/mol. The molecule has 0 aliphatic heterocycles. The molecule has 0 fully saturated rings. The van der Waals surface area contributed by atoms with Crippen LogP contribution in [0.25, 0.3) is 0 Å². The minimum atomic E-state index is 0.835. The van der Waals surface area contributed by atoms with E-state index in [1.54, 1.807) is 14.2 Å². The lowest BCUT2D eigenvalue weighted by molar-refractivity contribution is 0.393. The van der Waals surface area contributed by atoms with Gasteiger partial charge in [-0.3, -0.25) is 0 Å². The highest BCUT2D eigenvalue weighted by atomic mass is 16.5. The third kappa shape index (κ3) is 3.13. The maximum atomic E-state index is 5.33. The number of methoxy groups -OCH3 is 2. The molecule has 0 aromatic heterocycles. The molecule has 20 heavy (non-hydrogen) atoms. The highest BCUT2D eigenvalue weighted by Gasteiger charge is 2.08. The molecule has 0 saturated carbocycles. The highest BCUT2D eigenvalue weighted by molar-refractivity contribution is 5.44. The second-order valence-corrected chi connectivity index (χ2v) is 5.27. The van der Waals surface area contributed by atoms with E-state index in [4.69, 9.17) is 9.47 Å². The van der Waals surface area contributed by atoms with Gasteiger partial charge in [0.2, 0.25) is 0 Å². The predicted octanol–water partition coefficient (Wildman–Crippen LogP) is 4.22. The van der Waals surface area contributed by atoms with Crippen LogP contribution in [0.2, 0.25) is 0 Å². The summed E-state index contributed by atoms with van der Waals surface area (Å²) in [6.07, 6.45) is 0.894. The Kier molecular flexibility index (Phi) is 4.33. The van der Waals surface area contributed by atoms with Crippen molar-refractivity contribution < 1.29 is 9.47 Å². The molecule has 0 N–H and O–H groups in total. The number of hydrogen-bond donors (Lipinski definition) is 0. The molecular weight excluding hydrogens is 248 g/mol. The summed E-state index contributed by atoms with van der Waals surface area (Å²) in [7, 11) is 3.36. The van der Waals surface area contributed by atoms with E-state index in [9.17, 15) is 0 Å². The lowest BCUT2D eigenvalue weighted by atomic mass is 9.94. The van der Waals surface area contributed by atoms with E-state index >= 15 is 0 Å². The first-order chi connectivity index (χ1) is 9.53. The molecule has 2 rings (SSSR count). The normalized spacial score (nSPS) is 10.4. The van der Waals surface area contributed by atoms with Gasteiger partial charge < -0.3 is 9.47 Å². The van der Waals surface area contributed by atoms with Gasteiger partial charge in [-0.15, -0.1) is 0 Å².